The van der Waals surface area contributed by atoms with Gasteiger partial charge in [0.2, 0.25) is 0 Å². The van der Waals surface area contributed by atoms with E-state index in [1.54, 1.807) is 6.07 Å². The molecule has 1 fully saturated rings. The summed E-state index contributed by atoms with van der Waals surface area (Å²) < 4.78 is 7.81. The number of imidazole rings is 1. The average molecular weight is 423 g/mol. The molecule has 1 aromatic carbocycles. The van der Waals surface area contributed by atoms with Crippen LogP contribution in [0.5, 0.6) is 5.75 Å². The molecule has 1 aliphatic heterocycles. The van der Waals surface area contributed by atoms with Gasteiger partial charge >= 0.3 is 0 Å². The second kappa shape index (κ2) is 9.78. The first-order valence-electron chi connectivity index (χ1n) is 8.89. The monoisotopic (exact) mass is 422 g/mol. The zero-order valence-corrected chi connectivity index (χ0v) is 17.0. The highest BCUT2D eigenvalue weighted by Crippen LogP contribution is 2.18. The number of benzene rings is 1. The van der Waals surface area contributed by atoms with E-state index in [-0.39, 0.29) is 36.8 Å². The molecular formula is C20H24Cl2N4O2. The van der Waals surface area contributed by atoms with E-state index in [0.717, 1.165) is 24.2 Å². The van der Waals surface area contributed by atoms with Crippen LogP contribution in [0.25, 0.3) is 5.65 Å². The zero-order chi connectivity index (χ0) is 17.9. The number of piperidine rings is 1. The van der Waals surface area contributed by atoms with E-state index in [0.29, 0.717) is 31.0 Å². The van der Waals surface area contributed by atoms with E-state index in [1.807, 2.05) is 58.1 Å². The third kappa shape index (κ3) is 4.95. The Morgan fingerprint density at radius 2 is 1.93 bits per heavy atom. The number of nitrogens with zero attached hydrogens (tertiary/aromatic N) is 3. The van der Waals surface area contributed by atoms with Gasteiger partial charge in [-0.2, -0.15) is 0 Å². The maximum absolute atomic E-state index is 12.7. The third-order valence-corrected chi connectivity index (χ3v) is 4.71. The highest BCUT2D eigenvalue weighted by atomic mass is 35.5. The summed E-state index contributed by atoms with van der Waals surface area (Å²) in [6.45, 7) is 1.79. The third-order valence-electron chi connectivity index (χ3n) is 4.71. The molecule has 2 N–H and O–H groups in total. The number of halogens is 2. The summed E-state index contributed by atoms with van der Waals surface area (Å²) in [7, 11) is 0. The number of nitrogens with two attached hydrogens (primary N) is 1. The molecule has 28 heavy (non-hydrogen) atoms. The van der Waals surface area contributed by atoms with Gasteiger partial charge in [-0.05, 0) is 43.2 Å². The number of hydrogen-bond acceptors (Lipinski definition) is 4. The van der Waals surface area contributed by atoms with Crippen LogP contribution < -0.4 is 10.5 Å². The molecule has 4 rings (SSSR count). The molecule has 6 nitrogen and oxygen atoms in total. The van der Waals surface area contributed by atoms with Crippen molar-refractivity contribution in [3.05, 3.63) is 66.1 Å². The van der Waals surface area contributed by atoms with Gasteiger partial charge in [0.15, 0.2) is 0 Å². The Kier molecular flexibility index (Phi) is 7.69. The van der Waals surface area contributed by atoms with Crippen molar-refractivity contribution in [3.63, 3.8) is 0 Å². The molecule has 3 aromatic rings. The lowest BCUT2D eigenvalue weighted by atomic mass is 10.0. The van der Waals surface area contributed by atoms with E-state index in [9.17, 15) is 4.79 Å². The smallest absolute Gasteiger partial charge is 0.253 e. The molecule has 8 heteroatoms. The highest BCUT2D eigenvalue weighted by Gasteiger charge is 2.21. The molecule has 0 bridgehead atoms. The van der Waals surface area contributed by atoms with E-state index in [4.69, 9.17) is 10.5 Å². The minimum Gasteiger partial charge on any atom is -0.487 e. The van der Waals surface area contributed by atoms with Crippen LogP contribution in [-0.2, 0) is 6.61 Å². The van der Waals surface area contributed by atoms with Crippen LogP contribution in [0.3, 0.4) is 0 Å². The Bertz CT molecular complexity index is 890. The van der Waals surface area contributed by atoms with Crippen molar-refractivity contribution >= 4 is 36.4 Å². The van der Waals surface area contributed by atoms with E-state index in [2.05, 4.69) is 4.98 Å². The van der Waals surface area contributed by atoms with Crippen LogP contribution in [0.2, 0.25) is 0 Å². The van der Waals surface area contributed by atoms with Gasteiger partial charge in [0.05, 0.1) is 5.69 Å². The van der Waals surface area contributed by atoms with Crippen LogP contribution in [0, 0.1) is 0 Å². The van der Waals surface area contributed by atoms with Gasteiger partial charge < -0.3 is 19.8 Å². The number of likely N-dealkylation sites (tertiary alicyclic amines) is 1. The van der Waals surface area contributed by atoms with Crippen LogP contribution in [0.15, 0.2) is 54.9 Å². The van der Waals surface area contributed by atoms with Crippen molar-refractivity contribution < 1.29 is 9.53 Å². The minimum absolute atomic E-state index is 0. The fraction of sp³-hybridized carbons (Fsp3) is 0.300. The Morgan fingerprint density at radius 3 is 2.68 bits per heavy atom. The average Bonchev–Trinajstić information content (AvgIpc) is 3.10. The van der Waals surface area contributed by atoms with Gasteiger partial charge in [-0.3, -0.25) is 4.79 Å². The number of carbonyl (C=O) groups excluding carboxylic acids is 1. The Hall–Kier alpha value is -2.28. The Morgan fingerprint density at radius 1 is 1.14 bits per heavy atom. The summed E-state index contributed by atoms with van der Waals surface area (Å²) in [5, 5.41) is 0. The van der Waals surface area contributed by atoms with Crippen molar-refractivity contribution in [3.8, 4) is 5.75 Å². The maximum Gasteiger partial charge on any atom is 0.253 e. The fourth-order valence-corrected chi connectivity index (χ4v) is 3.22. The summed E-state index contributed by atoms with van der Waals surface area (Å²) in [4.78, 5) is 19.0. The standard InChI is InChI=1S/C20H22N4O2.2ClH/c21-16-7-10-23(11-8-16)20(25)15-4-3-5-18(12-15)26-14-17-13-24-9-2-1-6-19(24)22-17;;/h1-6,9,12-13,16H,7-8,10-11,14,21H2;2*1H. The number of aromatic nitrogens is 2. The molecule has 0 radical (unpaired) electrons. The lowest BCUT2D eigenvalue weighted by Gasteiger charge is -2.30. The van der Waals surface area contributed by atoms with Gasteiger partial charge in [0.25, 0.3) is 5.91 Å². The quantitative estimate of drug-likeness (QED) is 0.699. The van der Waals surface area contributed by atoms with Crippen LogP contribution >= 0.6 is 24.8 Å². The second-order valence-corrected chi connectivity index (χ2v) is 6.64. The van der Waals surface area contributed by atoms with Crippen molar-refractivity contribution in [1.82, 2.24) is 14.3 Å². The molecule has 0 saturated carbocycles. The van der Waals surface area contributed by atoms with Gasteiger partial charge in [-0.15, -0.1) is 24.8 Å². The van der Waals surface area contributed by atoms with E-state index < -0.39 is 0 Å². The van der Waals surface area contributed by atoms with Gasteiger partial charge in [-0.25, -0.2) is 4.98 Å². The summed E-state index contributed by atoms with van der Waals surface area (Å²) in [6, 6.07) is 13.4. The number of rotatable bonds is 4. The van der Waals surface area contributed by atoms with Gasteiger partial charge in [-0.1, -0.05) is 12.1 Å². The fourth-order valence-electron chi connectivity index (χ4n) is 3.22. The molecule has 0 unspecified atom stereocenters. The van der Waals surface area contributed by atoms with Crippen LogP contribution in [0.1, 0.15) is 28.9 Å². The van der Waals surface area contributed by atoms with Crippen LogP contribution in [0.4, 0.5) is 0 Å². The normalized spacial score (nSPS) is 14.2. The predicted octanol–water partition coefficient (Wildman–Crippen LogP) is 3.32. The van der Waals surface area contributed by atoms with Crippen molar-refractivity contribution in [2.24, 2.45) is 5.73 Å². The largest absolute Gasteiger partial charge is 0.487 e. The lowest BCUT2D eigenvalue weighted by molar-refractivity contribution is 0.0714. The second-order valence-electron chi connectivity index (χ2n) is 6.64. The first-order chi connectivity index (χ1) is 12.7. The lowest BCUT2D eigenvalue weighted by Crippen LogP contribution is -2.42. The van der Waals surface area contributed by atoms with Crippen LogP contribution in [-0.4, -0.2) is 39.3 Å². The molecular weight excluding hydrogens is 399 g/mol. The number of carbonyl (C=O) groups is 1. The first-order valence-corrected chi connectivity index (χ1v) is 8.89. The topological polar surface area (TPSA) is 72.9 Å². The van der Waals surface area contributed by atoms with Crippen molar-refractivity contribution in [1.29, 1.82) is 0 Å². The molecule has 1 aliphatic rings. The Labute approximate surface area is 176 Å². The van der Waals surface area contributed by atoms with Gasteiger partial charge in [0.1, 0.15) is 18.0 Å². The number of pyridine rings is 1. The number of ether oxygens (including phenoxy) is 1. The molecule has 0 spiro atoms. The first kappa shape index (κ1) is 22.0. The predicted molar refractivity (Wildman–Crippen MR) is 114 cm³/mol. The molecule has 0 aliphatic carbocycles. The minimum atomic E-state index is 0. The summed E-state index contributed by atoms with van der Waals surface area (Å²) in [6.07, 6.45) is 5.61. The zero-order valence-electron chi connectivity index (χ0n) is 15.4. The molecule has 3 heterocycles. The Balaban J connectivity index is 0.00000140. The number of fused-ring (bicyclic) bond motifs is 1. The summed E-state index contributed by atoms with van der Waals surface area (Å²) in [5.41, 5.74) is 8.30. The number of hydrogen-bond donors (Lipinski definition) is 1. The van der Waals surface area contributed by atoms with Crippen molar-refractivity contribution in [2.45, 2.75) is 25.5 Å². The molecule has 150 valence electrons. The molecule has 1 amide bonds. The maximum atomic E-state index is 12.7. The summed E-state index contributed by atoms with van der Waals surface area (Å²) in [5.74, 6) is 0.705. The van der Waals surface area contributed by atoms with Gasteiger partial charge in [0, 0.05) is 37.1 Å². The summed E-state index contributed by atoms with van der Waals surface area (Å²) >= 11 is 0. The SMILES string of the molecule is Cl.Cl.NC1CCN(C(=O)c2cccc(OCc3cn4ccccc4n3)c2)CC1. The number of amides is 1. The van der Waals surface area contributed by atoms with E-state index >= 15 is 0 Å². The molecule has 1 saturated heterocycles. The van der Waals surface area contributed by atoms with Crippen molar-refractivity contribution in [2.75, 3.05) is 13.1 Å². The molecule has 0 atom stereocenters. The molecule has 2 aromatic heterocycles. The highest BCUT2D eigenvalue weighted by molar-refractivity contribution is 5.94. The van der Waals surface area contributed by atoms with E-state index in [1.165, 1.54) is 0 Å².